The number of rotatable bonds is 6. The Hall–Kier alpha value is -4.59. The third kappa shape index (κ3) is 6.09. The zero-order chi connectivity index (χ0) is 25.7. The lowest BCUT2D eigenvalue weighted by molar-refractivity contribution is -0.111. The maximum atomic E-state index is 12.9. The molecule has 4 aromatic rings. The van der Waals surface area contributed by atoms with Crippen LogP contribution in [0.4, 0.5) is 10.5 Å². The molecule has 0 aliphatic heterocycles. The van der Waals surface area contributed by atoms with Crippen LogP contribution in [0, 0.1) is 0 Å². The van der Waals surface area contributed by atoms with E-state index in [4.69, 9.17) is 9.15 Å². The van der Waals surface area contributed by atoms with Crippen molar-refractivity contribution < 1.29 is 23.5 Å². The van der Waals surface area contributed by atoms with Crippen molar-refractivity contribution in [1.82, 2.24) is 9.88 Å². The van der Waals surface area contributed by atoms with E-state index in [0.717, 1.165) is 5.39 Å². The van der Waals surface area contributed by atoms with Crippen molar-refractivity contribution in [2.75, 3.05) is 5.32 Å². The lowest BCUT2D eigenvalue weighted by atomic mass is 10.2. The van der Waals surface area contributed by atoms with Gasteiger partial charge in [0.25, 0.3) is 5.91 Å². The van der Waals surface area contributed by atoms with E-state index in [-0.39, 0.29) is 12.5 Å². The summed E-state index contributed by atoms with van der Waals surface area (Å²) in [7, 11) is 0. The highest BCUT2D eigenvalue weighted by molar-refractivity contribution is 6.04. The fourth-order valence-corrected chi connectivity index (χ4v) is 3.58. The van der Waals surface area contributed by atoms with Gasteiger partial charge < -0.3 is 19.8 Å². The molecule has 0 radical (unpaired) electrons. The fourth-order valence-electron chi connectivity index (χ4n) is 3.58. The lowest BCUT2D eigenvalue weighted by Gasteiger charge is -2.20. The highest BCUT2D eigenvalue weighted by Crippen LogP contribution is 2.23. The Morgan fingerprint density at radius 2 is 1.81 bits per heavy atom. The average molecular weight is 486 g/mol. The van der Waals surface area contributed by atoms with Crippen molar-refractivity contribution in [2.45, 2.75) is 32.9 Å². The smallest absolute Gasteiger partial charge is 0.419 e. The maximum Gasteiger partial charge on any atom is 0.419 e. The Balaban J connectivity index is 1.48. The second-order valence-electron chi connectivity index (χ2n) is 9.11. The van der Waals surface area contributed by atoms with Crippen LogP contribution in [0.1, 0.15) is 42.6 Å². The zero-order valence-corrected chi connectivity index (χ0v) is 20.3. The number of aromatic nitrogens is 1. The molecule has 0 bridgehead atoms. The molecule has 0 saturated heterocycles. The van der Waals surface area contributed by atoms with Crippen LogP contribution in [0.25, 0.3) is 17.0 Å². The van der Waals surface area contributed by atoms with Crippen LogP contribution in [0.2, 0.25) is 0 Å². The summed E-state index contributed by atoms with van der Waals surface area (Å²) in [6.45, 7) is 5.65. The number of nitrogens with one attached hydrogen (secondary N) is 2. The third-order valence-electron chi connectivity index (χ3n) is 5.12. The summed E-state index contributed by atoms with van der Waals surface area (Å²) in [5.74, 6) is -0.0641. The Labute approximate surface area is 208 Å². The standard InChI is InChI=1S/C28H27N3O5/c1-28(2,3)36-27(34)31-22(17-19-8-4-5-12-24(19)31)13-14-25(32)30-21-10-6-9-20(16-21)26(33)29-18-23-11-7-15-35-23/h4-17H,18H2,1-3H3,(H,29,33)(H,30,32). The van der Waals surface area contributed by atoms with Crippen molar-refractivity contribution >= 4 is 40.6 Å². The summed E-state index contributed by atoms with van der Waals surface area (Å²) in [4.78, 5) is 38.0. The third-order valence-corrected chi connectivity index (χ3v) is 5.12. The molecule has 0 fully saturated rings. The number of carbonyl (C=O) groups is 3. The van der Waals surface area contributed by atoms with Gasteiger partial charge in [0.05, 0.1) is 24.0 Å². The van der Waals surface area contributed by atoms with E-state index in [1.807, 2.05) is 30.3 Å². The minimum atomic E-state index is -0.671. The summed E-state index contributed by atoms with van der Waals surface area (Å²) in [6, 6.07) is 19.4. The van der Waals surface area contributed by atoms with Gasteiger partial charge in [-0.15, -0.1) is 0 Å². The van der Waals surface area contributed by atoms with E-state index in [2.05, 4.69) is 10.6 Å². The SMILES string of the molecule is CC(C)(C)OC(=O)n1c(C=CC(=O)Nc2cccc(C(=O)NCc3ccco3)c2)cc2ccccc21. The van der Waals surface area contributed by atoms with Crippen molar-refractivity contribution in [3.63, 3.8) is 0 Å². The average Bonchev–Trinajstić information content (AvgIpc) is 3.48. The van der Waals surface area contributed by atoms with Crippen molar-refractivity contribution in [2.24, 2.45) is 0 Å². The predicted octanol–water partition coefficient (Wildman–Crippen LogP) is 5.60. The van der Waals surface area contributed by atoms with Gasteiger partial charge >= 0.3 is 6.09 Å². The molecular weight excluding hydrogens is 458 g/mol. The van der Waals surface area contributed by atoms with Crippen LogP contribution in [-0.2, 0) is 16.1 Å². The molecule has 0 aliphatic carbocycles. The van der Waals surface area contributed by atoms with Gasteiger partial charge in [0.1, 0.15) is 11.4 Å². The number of fused-ring (bicyclic) bond motifs is 1. The molecule has 2 amide bonds. The number of nitrogens with zero attached hydrogens (tertiary/aromatic N) is 1. The quantitative estimate of drug-likeness (QED) is 0.346. The van der Waals surface area contributed by atoms with Crippen molar-refractivity contribution in [3.8, 4) is 0 Å². The number of ether oxygens (including phenoxy) is 1. The Morgan fingerprint density at radius 3 is 2.56 bits per heavy atom. The molecule has 0 saturated carbocycles. The number of carbonyl (C=O) groups excluding carboxylic acids is 3. The monoisotopic (exact) mass is 485 g/mol. The highest BCUT2D eigenvalue weighted by Gasteiger charge is 2.21. The molecule has 0 aliphatic rings. The predicted molar refractivity (Wildman–Crippen MR) is 138 cm³/mol. The Kier molecular flexibility index (Phi) is 7.05. The van der Waals surface area contributed by atoms with Gasteiger partial charge in [0.2, 0.25) is 5.91 Å². The largest absolute Gasteiger partial charge is 0.467 e. The minimum Gasteiger partial charge on any atom is -0.467 e. The number of amides is 2. The molecule has 0 unspecified atom stereocenters. The number of hydrogen-bond donors (Lipinski definition) is 2. The van der Waals surface area contributed by atoms with E-state index in [1.165, 1.54) is 16.9 Å². The molecule has 0 spiro atoms. The molecule has 0 atom stereocenters. The second-order valence-corrected chi connectivity index (χ2v) is 9.11. The normalized spacial score (nSPS) is 11.5. The highest BCUT2D eigenvalue weighted by atomic mass is 16.6. The van der Waals surface area contributed by atoms with Crippen LogP contribution in [-0.4, -0.2) is 28.1 Å². The van der Waals surface area contributed by atoms with Gasteiger partial charge in [0, 0.05) is 22.7 Å². The van der Waals surface area contributed by atoms with Gasteiger partial charge in [-0.05, 0) is 69.3 Å². The minimum absolute atomic E-state index is 0.261. The molecule has 184 valence electrons. The van der Waals surface area contributed by atoms with Gasteiger partial charge in [-0.2, -0.15) is 0 Å². The van der Waals surface area contributed by atoms with Crippen LogP contribution in [0.3, 0.4) is 0 Å². The van der Waals surface area contributed by atoms with Gasteiger partial charge in [-0.25, -0.2) is 9.36 Å². The number of hydrogen-bond acceptors (Lipinski definition) is 5. The molecule has 2 N–H and O–H groups in total. The molecular formula is C28H27N3O5. The van der Waals surface area contributed by atoms with Gasteiger partial charge in [-0.3, -0.25) is 9.59 Å². The van der Waals surface area contributed by atoms with Gasteiger partial charge in [-0.1, -0.05) is 24.3 Å². The van der Waals surface area contributed by atoms with Crippen molar-refractivity contribution in [3.05, 3.63) is 96.1 Å². The summed E-state index contributed by atoms with van der Waals surface area (Å²) in [5.41, 5.74) is 1.37. The van der Waals surface area contributed by atoms with Gasteiger partial charge in [0.15, 0.2) is 0 Å². The second kappa shape index (κ2) is 10.4. The lowest BCUT2D eigenvalue weighted by Crippen LogP contribution is -2.27. The number of anilines is 1. The number of benzene rings is 2. The van der Waals surface area contributed by atoms with Crippen molar-refractivity contribution in [1.29, 1.82) is 0 Å². The number of furan rings is 1. The number of para-hydroxylation sites is 1. The summed E-state index contributed by atoms with van der Waals surface area (Å²) < 4.78 is 12.2. The molecule has 4 rings (SSSR count). The molecule has 2 aromatic carbocycles. The molecule has 2 aromatic heterocycles. The zero-order valence-electron chi connectivity index (χ0n) is 20.3. The first kappa shape index (κ1) is 24.5. The summed E-state index contributed by atoms with van der Waals surface area (Å²) in [5, 5.41) is 6.36. The molecule has 36 heavy (non-hydrogen) atoms. The molecule has 8 nitrogen and oxygen atoms in total. The van der Waals surface area contributed by atoms with E-state index in [1.54, 1.807) is 63.2 Å². The van der Waals surface area contributed by atoms with E-state index in [9.17, 15) is 14.4 Å². The first-order valence-electron chi connectivity index (χ1n) is 11.4. The first-order valence-corrected chi connectivity index (χ1v) is 11.4. The van der Waals surface area contributed by atoms with E-state index in [0.29, 0.717) is 28.2 Å². The van der Waals surface area contributed by atoms with E-state index < -0.39 is 17.6 Å². The van der Waals surface area contributed by atoms with Crippen LogP contribution >= 0.6 is 0 Å². The Morgan fingerprint density at radius 1 is 1.00 bits per heavy atom. The van der Waals surface area contributed by atoms with Crippen LogP contribution in [0.5, 0.6) is 0 Å². The van der Waals surface area contributed by atoms with Crippen LogP contribution < -0.4 is 10.6 Å². The van der Waals surface area contributed by atoms with Crippen LogP contribution in [0.15, 0.2) is 83.5 Å². The molecule has 8 heteroatoms. The maximum absolute atomic E-state index is 12.9. The summed E-state index contributed by atoms with van der Waals surface area (Å²) in [6.07, 6.45) is 3.90. The topological polar surface area (TPSA) is 103 Å². The molecule has 2 heterocycles. The first-order chi connectivity index (χ1) is 17.2. The fraction of sp³-hybridized carbons (Fsp3) is 0.179. The van der Waals surface area contributed by atoms with E-state index >= 15 is 0 Å². The Bertz CT molecular complexity index is 1430. The summed E-state index contributed by atoms with van der Waals surface area (Å²) >= 11 is 0.